The van der Waals surface area contributed by atoms with Crippen molar-refractivity contribution in [2.45, 2.75) is 19.9 Å². The van der Waals surface area contributed by atoms with Gasteiger partial charge in [0.25, 0.3) is 5.91 Å². The molecular formula is C12H16N4OS2. The number of hydrogen-bond donors (Lipinski definition) is 2. The van der Waals surface area contributed by atoms with Crippen LogP contribution >= 0.6 is 22.7 Å². The van der Waals surface area contributed by atoms with E-state index >= 15 is 0 Å². The summed E-state index contributed by atoms with van der Waals surface area (Å²) in [6.45, 7) is 4.17. The SMILES string of the molecule is CNc1nnc(C(=O)NC(c2cccs2)C(C)C)s1. The van der Waals surface area contributed by atoms with Crippen molar-refractivity contribution in [3.63, 3.8) is 0 Å². The van der Waals surface area contributed by atoms with Crippen molar-refractivity contribution in [1.82, 2.24) is 15.5 Å². The summed E-state index contributed by atoms with van der Waals surface area (Å²) in [4.78, 5) is 13.3. The molecule has 19 heavy (non-hydrogen) atoms. The van der Waals surface area contributed by atoms with E-state index in [2.05, 4.69) is 34.7 Å². The minimum atomic E-state index is -0.175. The van der Waals surface area contributed by atoms with Crippen molar-refractivity contribution in [2.24, 2.45) is 5.92 Å². The molecule has 1 amide bonds. The second kappa shape index (κ2) is 6.12. The Hall–Kier alpha value is -1.47. The van der Waals surface area contributed by atoms with E-state index in [1.54, 1.807) is 18.4 Å². The first-order valence-electron chi connectivity index (χ1n) is 5.97. The van der Waals surface area contributed by atoms with Gasteiger partial charge in [0.05, 0.1) is 6.04 Å². The lowest BCUT2D eigenvalue weighted by molar-refractivity contribution is 0.0925. The van der Waals surface area contributed by atoms with Crippen molar-refractivity contribution in [2.75, 3.05) is 12.4 Å². The number of amides is 1. The van der Waals surface area contributed by atoms with Crippen LogP contribution in [0.15, 0.2) is 17.5 Å². The largest absolute Gasteiger partial charge is 0.363 e. The van der Waals surface area contributed by atoms with E-state index in [1.807, 2.05) is 17.5 Å². The highest BCUT2D eigenvalue weighted by atomic mass is 32.1. The molecule has 0 saturated carbocycles. The van der Waals surface area contributed by atoms with E-state index in [1.165, 1.54) is 11.3 Å². The first kappa shape index (κ1) is 14.0. The van der Waals surface area contributed by atoms with Gasteiger partial charge in [-0.1, -0.05) is 31.3 Å². The Morgan fingerprint density at radius 3 is 2.68 bits per heavy atom. The average Bonchev–Trinajstić information content (AvgIpc) is 3.05. The third kappa shape index (κ3) is 3.30. The van der Waals surface area contributed by atoms with E-state index < -0.39 is 0 Å². The van der Waals surface area contributed by atoms with Gasteiger partial charge < -0.3 is 10.6 Å². The first-order valence-corrected chi connectivity index (χ1v) is 7.67. The molecule has 0 bridgehead atoms. The second-order valence-electron chi connectivity index (χ2n) is 4.37. The molecule has 0 aromatic carbocycles. The molecule has 2 aromatic heterocycles. The van der Waals surface area contributed by atoms with E-state index in [4.69, 9.17) is 0 Å². The van der Waals surface area contributed by atoms with Crippen LogP contribution in [-0.4, -0.2) is 23.2 Å². The summed E-state index contributed by atoms with van der Waals surface area (Å²) in [5, 5.41) is 16.7. The molecule has 2 heterocycles. The summed E-state index contributed by atoms with van der Waals surface area (Å²) >= 11 is 2.90. The van der Waals surface area contributed by atoms with Gasteiger partial charge in [-0.3, -0.25) is 4.79 Å². The monoisotopic (exact) mass is 296 g/mol. The van der Waals surface area contributed by atoms with Gasteiger partial charge in [-0.2, -0.15) is 0 Å². The standard InChI is InChI=1S/C12H16N4OS2/c1-7(2)9(8-5-4-6-18-8)14-10(17)11-15-16-12(13-3)19-11/h4-7,9H,1-3H3,(H,13,16)(H,14,17). The van der Waals surface area contributed by atoms with Gasteiger partial charge in [-0.15, -0.1) is 21.5 Å². The molecule has 1 atom stereocenters. The lowest BCUT2D eigenvalue weighted by Crippen LogP contribution is -2.31. The molecule has 2 N–H and O–H groups in total. The van der Waals surface area contributed by atoms with Crippen molar-refractivity contribution in [3.05, 3.63) is 27.4 Å². The summed E-state index contributed by atoms with van der Waals surface area (Å²) in [6.07, 6.45) is 0. The smallest absolute Gasteiger partial charge is 0.282 e. The van der Waals surface area contributed by atoms with Gasteiger partial charge in [0.15, 0.2) is 0 Å². The molecule has 1 unspecified atom stereocenters. The Morgan fingerprint density at radius 1 is 1.37 bits per heavy atom. The number of anilines is 1. The zero-order valence-corrected chi connectivity index (χ0v) is 12.6. The van der Waals surface area contributed by atoms with Crippen LogP contribution in [0.25, 0.3) is 0 Å². The third-order valence-corrected chi connectivity index (χ3v) is 4.53. The normalized spacial score (nSPS) is 12.4. The summed E-state index contributed by atoms with van der Waals surface area (Å²) in [6, 6.07) is 4.04. The van der Waals surface area contributed by atoms with Crippen LogP contribution in [0, 0.1) is 5.92 Å². The van der Waals surface area contributed by atoms with Crippen molar-refractivity contribution >= 4 is 33.7 Å². The molecule has 0 spiro atoms. The molecule has 5 nitrogen and oxygen atoms in total. The summed E-state index contributed by atoms with van der Waals surface area (Å²) in [5.74, 6) is 0.144. The van der Waals surface area contributed by atoms with E-state index in [0.29, 0.717) is 16.1 Å². The Balaban J connectivity index is 2.11. The van der Waals surface area contributed by atoms with Crippen LogP contribution < -0.4 is 10.6 Å². The van der Waals surface area contributed by atoms with Gasteiger partial charge in [0.1, 0.15) is 0 Å². The number of carbonyl (C=O) groups is 1. The maximum absolute atomic E-state index is 12.2. The van der Waals surface area contributed by atoms with Crippen LogP contribution in [0.1, 0.15) is 34.6 Å². The Labute approximate surface area is 120 Å². The van der Waals surface area contributed by atoms with Crippen LogP contribution in [0.4, 0.5) is 5.13 Å². The van der Waals surface area contributed by atoms with Gasteiger partial charge in [0, 0.05) is 11.9 Å². The highest BCUT2D eigenvalue weighted by Gasteiger charge is 2.22. The Morgan fingerprint density at radius 2 is 2.16 bits per heavy atom. The van der Waals surface area contributed by atoms with Crippen molar-refractivity contribution in [1.29, 1.82) is 0 Å². The van der Waals surface area contributed by atoms with E-state index in [9.17, 15) is 4.79 Å². The molecule has 0 fully saturated rings. The molecule has 0 saturated heterocycles. The zero-order chi connectivity index (χ0) is 13.8. The van der Waals surface area contributed by atoms with Gasteiger partial charge in [-0.05, 0) is 17.4 Å². The molecule has 2 aromatic rings. The molecule has 0 radical (unpaired) electrons. The second-order valence-corrected chi connectivity index (χ2v) is 6.33. The fraction of sp³-hybridized carbons (Fsp3) is 0.417. The highest BCUT2D eigenvalue weighted by Crippen LogP contribution is 2.26. The first-order chi connectivity index (χ1) is 9.11. The van der Waals surface area contributed by atoms with E-state index in [0.717, 1.165) is 4.88 Å². The van der Waals surface area contributed by atoms with Crippen molar-refractivity contribution in [3.8, 4) is 0 Å². The predicted octanol–water partition coefficient (Wildman–Crippen LogP) is 2.77. The summed E-state index contributed by atoms with van der Waals surface area (Å²) in [5.41, 5.74) is 0. The number of thiophene rings is 1. The van der Waals surface area contributed by atoms with Gasteiger partial charge in [-0.25, -0.2) is 0 Å². The molecule has 0 aliphatic rings. The quantitative estimate of drug-likeness (QED) is 0.890. The lowest BCUT2D eigenvalue weighted by atomic mass is 10.0. The van der Waals surface area contributed by atoms with Crippen LogP contribution in [0.3, 0.4) is 0 Å². The fourth-order valence-electron chi connectivity index (χ4n) is 1.65. The fourth-order valence-corrected chi connectivity index (χ4v) is 3.20. The average molecular weight is 296 g/mol. The maximum atomic E-state index is 12.2. The third-order valence-electron chi connectivity index (χ3n) is 2.64. The lowest BCUT2D eigenvalue weighted by Gasteiger charge is -2.20. The minimum absolute atomic E-state index is 0.00874. The molecule has 0 aliphatic carbocycles. The number of hydrogen-bond acceptors (Lipinski definition) is 6. The van der Waals surface area contributed by atoms with Gasteiger partial charge in [0.2, 0.25) is 10.1 Å². The predicted molar refractivity (Wildman–Crippen MR) is 78.8 cm³/mol. The Kier molecular flexibility index (Phi) is 4.49. The minimum Gasteiger partial charge on any atom is -0.363 e. The van der Waals surface area contributed by atoms with Gasteiger partial charge >= 0.3 is 0 Å². The molecule has 7 heteroatoms. The van der Waals surface area contributed by atoms with E-state index in [-0.39, 0.29) is 11.9 Å². The molecule has 0 aliphatic heterocycles. The number of nitrogens with zero attached hydrogens (tertiary/aromatic N) is 2. The van der Waals surface area contributed by atoms with Crippen LogP contribution in [0.5, 0.6) is 0 Å². The summed E-state index contributed by atoms with van der Waals surface area (Å²) in [7, 11) is 1.75. The molecular weight excluding hydrogens is 280 g/mol. The zero-order valence-electron chi connectivity index (χ0n) is 11.0. The number of aromatic nitrogens is 2. The maximum Gasteiger partial charge on any atom is 0.282 e. The highest BCUT2D eigenvalue weighted by molar-refractivity contribution is 7.17. The van der Waals surface area contributed by atoms with Crippen LogP contribution in [-0.2, 0) is 0 Å². The number of nitrogens with one attached hydrogen (secondary N) is 2. The molecule has 102 valence electrons. The molecule has 2 rings (SSSR count). The number of rotatable bonds is 5. The topological polar surface area (TPSA) is 66.9 Å². The van der Waals surface area contributed by atoms with Crippen LogP contribution in [0.2, 0.25) is 0 Å². The summed E-state index contributed by atoms with van der Waals surface area (Å²) < 4.78 is 0. The number of carbonyl (C=O) groups excluding carboxylic acids is 1. The Bertz CT molecular complexity index is 536. The van der Waals surface area contributed by atoms with Crippen molar-refractivity contribution < 1.29 is 4.79 Å².